The maximum Gasteiger partial charge on any atom is 0.306 e. The first-order valence-electron chi connectivity index (χ1n) is 5.98. The molecule has 0 heterocycles. The first kappa shape index (κ1) is 14.0. The molecule has 1 aliphatic rings. The summed E-state index contributed by atoms with van der Waals surface area (Å²) < 4.78 is 4.79. The summed E-state index contributed by atoms with van der Waals surface area (Å²) in [6.07, 6.45) is 0.376. The van der Waals surface area contributed by atoms with Crippen LogP contribution in [0.1, 0.15) is 23.5 Å². The monoisotopic (exact) mass is 285 g/mol. The molecule has 2 nitrogen and oxygen atoms in total. The summed E-state index contributed by atoms with van der Waals surface area (Å²) in [6, 6.07) is 17.4. The Hall–Kier alpha value is -1.38. The van der Waals surface area contributed by atoms with E-state index >= 15 is 0 Å². The summed E-state index contributed by atoms with van der Waals surface area (Å²) in [5.41, 5.74) is 4.68. The summed E-state index contributed by atoms with van der Waals surface area (Å²) in [5.74, 6) is -0.107. The largest absolute Gasteiger partial charge is 0.469 e. The third-order valence-corrected chi connectivity index (χ3v) is 3.46. The van der Waals surface area contributed by atoms with Gasteiger partial charge in [-0.1, -0.05) is 29.8 Å². The van der Waals surface area contributed by atoms with Crippen molar-refractivity contribution >= 4 is 5.97 Å². The van der Waals surface area contributed by atoms with Crippen LogP contribution in [0.5, 0.6) is 0 Å². The van der Waals surface area contributed by atoms with Crippen LogP contribution in [0.15, 0.2) is 42.5 Å². The number of ether oxygens (including phenoxy) is 1. The molecule has 0 amide bonds. The van der Waals surface area contributed by atoms with Crippen LogP contribution in [-0.2, 0) is 31.2 Å². The van der Waals surface area contributed by atoms with Crippen LogP contribution in [-0.4, -0.2) is 13.1 Å². The number of carbonyl (C=O) groups is 1. The molecule has 2 aromatic carbocycles. The smallest absolute Gasteiger partial charge is 0.306 e. The van der Waals surface area contributed by atoms with Crippen LogP contribution in [0.4, 0.5) is 0 Å². The molecule has 0 radical (unpaired) electrons. The zero-order valence-electron chi connectivity index (χ0n) is 10.6. The van der Waals surface area contributed by atoms with Crippen molar-refractivity contribution in [3.8, 4) is 11.1 Å². The van der Waals surface area contributed by atoms with Crippen LogP contribution < -0.4 is 0 Å². The molecule has 0 aromatic heterocycles. The van der Waals surface area contributed by atoms with Crippen molar-refractivity contribution in [2.75, 3.05) is 7.11 Å². The average Bonchev–Trinajstić information content (AvgIpc) is 2.74. The average molecular weight is 285 g/mol. The van der Waals surface area contributed by atoms with Gasteiger partial charge in [-0.3, -0.25) is 4.79 Å². The van der Waals surface area contributed by atoms with Crippen molar-refractivity contribution in [3.05, 3.63) is 59.7 Å². The molecule has 0 fully saturated rings. The van der Waals surface area contributed by atoms with Gasteiger partial charge in [0.05, 0.1) is 13.5 Å². The Bertz CT molecular complexity index is 562. The molecule has 1 aliphatic carbocycles. The van der Waals surface area contributed by atoms with Gasteiger partial charge in [0, 0.05) is 21.7 Å². The number of rotatable bonds is 2. The number of esters is 1. The zero-order valence-corrected chi connectivity index (χ0v) is 12.2. The number of fused-ring (bicyclic) bond motifs is 3. The molecule has 0 saturated heterocycles. The quantitative estimate of drug-likeness (QED) is 0.481. The Labute approximate surface area is 127 Å². The summed E-state index contributed by atoms with van der Waals surface area (Å²) >= 11 is 0. The van der Waals surface area contributed by atoms with Crippen molar-refractivity contribution in [3.63, 3.8) is 0 Å². The molecule has 0 N–H and O–H groups in total. The molecule has 3 heteroatoms. The van der Waals surface area contributed by atoms with Crippen molar-refractivity contribution in [1.82, 2.24) is 0 Å². The van der Waals surface area contributed by atoms with Crippen molar-refractivity contribution in [2.45, 2.75) is 12.3 Å². The number of methoxy groups -OCH3 is 1. The SMILES string of the molecule is COC(=O)CC1c2[c-]cccc2-c2ccccc21.[Ti]. The molecule has 94 valence electrons. The fourth-order valence-electron chi connectivity index (χ4n) is 2.64. The number of hydrogen-bond acceptors (Lipinski definition) is 2. The van der Waals surface area contributed by atoms with E-state index in [2.05, 4.69) is 24.3 Å². The minimum Gasteiger partial charge on any atom is -0.469 e. The van der Waals surface area contributed by atoms with Gasteiger partial charge < -0.3 is 4.74 Å². The van der Waals surface area contributed by atoms with E-state index in [1.165, 1.54) is 23.8 Å². The fourth-order valence-corrected chi connectivity index (χ4v) is 2.64. The van der Waals surface area contributed by atoms with Gasteiger partial charge in [-0.05, 0) is 11.5 Å². The second-order valence-corrected chi connectivity index (χ2v) is 4.42. The van der Waals surface area contributed by atoms with Crippen LogP contribution in [0.25, 0.3) is 11.1 Å². The standard InChI is InChI=1S/C16H13O2.Ti/c1-18-16(17)10-15-13-8-4-2-6-11(13)12-7-3-5-9-14(12)15;/h2-8,15H,10H2,1H3;/q-1;. The first-order chi connectivity index (χ1) is 8.81. The van der Waals surface area contributed by atoms with E-state index in [1.54, 1.807) is 0 Å². The molecule has 0 aliphatic heterocycles. The van der Waals surface area contributed by atoms with Gasteiger partial charge in [-0.2, -0.15) is 24.3 Å². The van der Waals surface area contributed by atoms with E-state index in [1.807, 2.05) is 24.3 Å². The van der Waals surface area contributed by atoms with Crippen LogP contribution in [0.2, 0.25) is 0 Å². The molecule has 19 heavy (non-hydrogen) atoms. The third kappa shape index (κ3) is 2.38. The number of carbonyl (C=O) groups excluding carboxylic acids is 1. The van der Waals surface area contributed by atoms with E-state index in [0.717, 1.165) is 5.56 Å². The molecule has 0 saturated carbocycles. The molecule has 0 bridgehead atoms. The Balaban J connectivity index is 0.00000133. The summed E-state index contributed by atoms with van der Waals surface area (Å²) in [5, 5.41) is 0. The molecular formula is C16H13O2Ti-. The molecule has 1 atom stereocenters. The van der Waals surface area contributed by atoms with Gasteiger partial charge in [0.1, 0.15) is 0 Å². The van der Waals surface area contributed by atoms with Crippen molar-refractivity contribution < 1.29 is 31.2 Å². The first-order valence-corrected chi connectivity index (χ1v) is 5.98. The predicted molar refractivity (Wildman–Crippen MR) is 69.2 cm³/mol. The zero-order chi connectivity index (χ0) is 12.5. The van der Waals surface area contributed by atoms with E-state index in [4.69, 9.17) is 4.74 Å². The van der Waals surface area contributed by atoms with Gasteiger partial charge in [0.25, 0.3) is 0 Å². The maximum atomic E-state index is 11.6. The number of hydrogen-bond donors (Lipinski definition) is 0. The van der Waals surface area contributed by atoms with Gasteiger partial charge in [0.15, 0.2) is 0 Å². The van der Waals surface area contributed by atoms with Crippen LogP contribution >= 0.6 is 0 Å². The van der Waals surface area contributed by atoms with Gasteiger partial charge in [-0.15, -0.1) is 11.1 Å². The van der Waals surface area contributed by atoms with Crippen molar-refractivity contribution in [2.24, 2.45) is 0 Å². The molecular weight excluding hydrogens is 272 g/mol. The Morgan fingerprint density at radius 2 is 1.95 bits per heavy atom. The van der Waals surface area contributed by atoms with Gasteiger partial charge in [0.2, 0.25) is 0 Å². The van der Waals surface area contributed by atoms with E-state index in [-0.39, 0.29) is 33.6 Å². The maximum absolute atomic E-state index is 11.6. The Morgan fingerprint density at radius 1 is 1.21 bits per heavy atom. The van der Waals surface area contributed by atoms with E-state index < -0.39 is 0 Å². The third-order valence-electron chi connectivity index (χ3n) is 3.46. The summed E-state index contributed by atoms with van der Waals surface area (Å²) in [7, 11) is 1.43. The Kier molecular flexibility index (Phi) is 4.23. The minimum atomic E-state index is -0.181. The topological polar surface area (TPSA) is 26.3 Å². The van der Waals surface area contributed by atoms with Crippen molar-refractivity contribution in [1.29, 1.82) is 0 Å². The van der Waals surface area contributed by atoms with Crippen LogP contribution in [0.3, 0.4) is 0 Å². The fraction of sp³-hybridized carbons (Fsp3) is 0.188. The summed E-state index contributed by atoms with van der Waals surface area (Å²) in [6.45, 7) is 0. The second kappa shape index (κ2) is 5.73. The van der Waals surface area contributed by atoms with E-state index in [0.29, 0.717) is 6.42 Å². The predicted octanol–water partition coefficient (Wildman–Crippen LogP) is 3.16. The van der Waals surface area contributed by atoms with Gasteiger partial charge in [-0.25, -0.2) is 0 Å². The van der Waals surface area contributed by atoms with Gasteiger partial charge >= 0.3 is 5.97 Å². The minimum absolute atomic E-state index is 0. The van der Waals surface area contributed by atoms with E-state index in [9.17, 15) is 4.79 Å². The second-order valence-electron chi connectivity index (χ2n) is 4.42. The Morgan fingerprint density at radius 3 is 2.74 bits per heavy atom. The van der Waals surface area contributed by atoms with Crippen LogP contribution in [0, 0.1) is 6.07 Å². The normalized spacial score (nSPS) is 15.1. The molecule has 3 rings (SSSR count). The number of benzene rings is 2. The molecule has 0 spiro atoms. The molecule has 1 unspecified atom stereocenters. The summed E-state index contributed by atoms with van der Waals surface area (Å²) in [4.78, 5) is 11.6. The molecule has 2 aromatic rings.